The van der Waals surface area contributed by atoms with Gasteiger partial charge in [-0.2, -0.15) is 0 Å². The quantitative estimate of drug-likeness (QED) is 0.839. The lowest BCUT2D eigenvalue weighted by molar-refractivity contribution is 0.102. The Balaban J connectivity index is 2.04. The van der Waals surface area contributed by atoms with Crippen LogP contribution in [0.5, 0.6) is 0 Å². The number of carbonyl (C=O) groups excluding carboxylic acids is 1. The number of amides is 1. The molecule has 0 aliphatic carbocycles. The normalized spacial score (nSPS) is 10.1. The van der Waals surface area contributed by atoms with E-state index in [1.807, 2.05) is 19.1 Å². The molecule has 1 heterocycles. The van der Waals surface area contributed by atoms with Crippen LogP contribution in [0.4, 0.5) is 5.69 Å². The SMILES string of the molecule is Cc1cnc(C(=O)Nc2ccc(CC(N)=S)cc2)cn1. The summed E-state index contributed by atoms with van der Waals surface area (Å²) in [5, 5.41) is 2.75. The number of benzene rings is 1. The van der Waals surface area contributed by atoms with Crippen molar-refractivity contribution in [2.24, 2.45) is 5.73 Å². The lowest BCUT2D eigenvalue weighted by Gasteiger charge is -2.06. The maximum atomic E-state index is 11.9. The van der Waals surface area contributed by atoms with Gasteiger partial charge in [0.05, 0.1) is 16.9 Å². The van der Waals surface area contributed by atoms with Crippen LogP contribution in [0.1, 0.15) is 21.7 Å². The highest BCUT2D eigenvalue weighted by Crippen LogP contribution is 2.11. The minimum Gasteiger partial charge on any atom is -0.393 e. The minimum absolute atomic E-state index is 0.280. The zero-order valence-electron chi connectivity index (χ0n) is 11.0. The molecule has 20 heavy (non-hydrogen) atoms. The summed E-state index contributed by atoms with van der Waals surface area (Å²) in [6.45, 7) is 1.81. The van der Waals surface area contributed by atoms with Gasteiger partial charge in [-0.15, -0.1) is 0 Å². The van der Waals surface area contributed by atoms with Crippen LogP contribution in [-0.2, 0) is 6.42 Å². The van der Waals surface area contributed by atoms with Crippen LogP contribution in [0.25, 0.3) is 0 Å². The Morgan fingerprint density at radius 2 is 1.95 bits per heavy atom. The van der Waals surface area contributed by atoms with Crippen molar-refractivity contribution in [1.82, 2.24) is 9.97 Å². The van der Waals surface area contributed by atoms with E-state index in [2.05, 4.69) is 15.3 Å². The molecule has 2 rings (SSSR count). The first kappa shape index (κ1) is 14.1. The average Bonchev–Trinajstić information content (AvgIpc) is 2.41. The second kappa shape index (κ2) is 6.21. The Bertz CT molecular complexity index is 623. The van der Waals surface area contributed by atoms with Crippen LogP contribution in [0.2, 0.25) is 0 Å². The first-order chi connectivity index (χ1) is 9.54. The molecule has 2 aromatic rings. The third-order valence-corrected chi connectivity index (χ3v) is 2.75. The molecule has 0 aliphatic rings. The van der Waals surface area contributed by atoms with Gasteiger partial charge >= 0.3 is 0 Å². The number of aromatic nitrogens is 2. The standard InChI is InChI=1S/C14H14N4OS/c1-9-7-17-12(8-16-9)14(19)18-11-4-2-10(3-5-11)6-13(15)20/h2-5,7-8H,6H2,1H3,(H2,15,20)(H,18,19). The number of carbonyl (C=O) groups is 1. The molecule has 0 saturated heterocycles. The highest BCUT2D eigenvalue weighted by atomic mass is 32.1. The number of hydrogen-bond acceptors (Lipinski definition) is 4. The second-order valence-corrected chi connectivity index (χ2v) is 4.86. The van der Waals surface area contributed by atoms with Crippen LogP contribution in [-0.4, -0.2) is 20.9 Å². The van der Waals surface area contributed by atoms with Crippen molar-refractivity contribution in [3.05, 3.63) is 53.6 Å². The first-order valence-electron chi connectivity index (χ1n) is 6.02. The molecule has 3 N–H and O–H groups in total. The van der Waals surface area contributed by atoms with E-state index < -0.39 is 0 Å². The largest absolute Gasteiger partial charge is 0.393 e. The maximum absolute atomic E-state index is 11.9. The van der Waals surface area contributed by atoms with Crippen molar-refractivity contribution < 1.29 is 4.79 Å². The summed E-state index contributed by atoms with van der Waals surface area (Å²) in [6, 6.07) is 7.34. The number of aryl methyl sites for hydroxylation is 1. The lowest BCUT2D eigenvalue weighted by Crippen LogP contribution is -2.14. The van der Waals surface area contributed by atoms with Gasteiger partial charge in [0.15, 0.2) is 0 Å². The fourth-order valence-corrected chi connectivity index (χ4v) is 1.78. The van der Waals surface area contributed by atoms with Crippen molar-refractivity contribution in [3.63, 3.8) is 0 Å². The fraction of sp³-hybridized carbons (Fsp3) is 0.143. The molecule has 0 atom stereocenters. The molecule has 6 heteroatoms. The molecule has 1 amide bonds. The Morgan fingerprint density at radius 3 is 2.50 bits per heavy atom. The average molecular weight is 286 g/mol. The summed E-state index contributed by atoms with van der Waals surface area (Å²) in [4.78, 5) is 20.4. The summed E-state index contributed by atoms with van der Waals surface area (Å²) in [5.74, 6) is -0.292. The molecule has 0 bridgehead atoms. The number of nitrogens with two attached hydrogens (primary N) is 1. The van der Waals surface area contributed by atoms with Gasteiger partial charge in [0, 0.05) is 18.3 Å². The predicted molar refractivity (Wildman–Crippen MR) is 81.7 cm³/mol. The van der Waals surface area contributed by atoms with E-state index in [0.29, 0.717) is 17.1 Å². The molecule has 0 radical (unpaired) electrons. The van der Waals surface area contributed by atoms with Crippen LogP contribution in [0.3, 0.4) is 0 Å². The third-order valence-electron chi connectivity index (χ3n) is 2.60. The monoisotopic (exact) mass is 286 g/mol. The Labute approximate surface area is 122 Å². The van der Waals surface area contributed by atoms with Gasteiger partial charge in [-0.3, -0.25) is 9.78 Å². The molecule has 102 valence electrons. The molecule has 1 aromatic heterocycles. The van der Waals surface area contributed by atoms with Gasteiger partial charge < -0.3 is 11.1 Å². The Kier molecular flexibility index (Phi) is 4.37. The first-order valence-corrected chi connectivity index (χ1v) is 6.42. The second-order valence-electron chi connectivity index (χ2n) is 4.34. The number of nitrogens with one attached hydrogen (secondary N) is 1. The van der Waals surface area contributed by atoms with Gasteiger partial charge in [0.2, 0.25) is 0 Å². The van der Waals surface area contributed by atoms with Gasteiger partial charge in [-0.25, -0.2) is 4.98 Å². The molecular weight excluding hydrogens is 272 g/mol. The van der Waals surface area contributed by atoms with Gasteiger partial charge in [0.1, 0.15) is 5.69 Å². The predicted octanol–water partition coefficient (Wildman–Crippen LogP) is 1.87. The van der Waals surface area contributed by atoms with Crippen LogP contribution >= 0.6 is 12.2 Å². The van der Waals surface area contributed by atoms with Crippen molar-refractivity contribution in [2.45, 2.75) is 13.3 Å². The van der Waals surface area contributed by atoms with Crippen molar-refractivity contribution in [3.8, 4) is 0 Å². The van der Waals surface area contributed by atoms with E-state index in [1.54, 1.807) is 18.3 Å². The summed E-state index contributed by atoms with van der Waals surface area (Å²) in [6.07, 6.45) is 3.55. The maximum Gasteiger partial charge on any atom is 0.275 e. The van der Waals surface area contributed by atoms with E-state index in [0.717, 1.165) is 11.3 Å². The van der Waals surface area contributed by atoms with E-state index in [4.69, 9.17) is 18.0 Å². The molecule has 0 unspecified atom stereocenters. The summed E-state index contributed by atoms with van der Waals surface area (Å²) in [7, 11) is 0. The van der Waals surface area contributed by atoms with E-state index in [1.165, 1.54) is 6.20 Å². The molecule has 0 spiro atoms. The molecule has 5 nitrogen and oxygen atoms in total. The minimum atomic E-state index is -0.292. The highest BCUT2D eigenvalue weighted by molar-refractivity contribution is 7.80. The van der Waals surface area contributed by atoms with Crippen molar-refractivity contribution in [1.29, 1.82) is 0 Å². The number of thiocarbonyl (C=S) groups is 1. The lowest BCUT2D eigenvalue weighted by atomic mass is 10.1. The smallest absolute Gasteiger partial charge is 0.275 e. The number of hydrogen-bond donors (Lipinski definition) is 2. The summed E-state index contributed by atoms with van der Waals surface area (Å²) < 4.78 is 0. The van der Waals surface area contributed by atoms with Crippen LogP contribution in [0, 0.1) is 6.92 Å². The topological polar surface area (TPSA) is 80.9 Å². The van der Waals surface area contributed by atoms with Gasteiger partial charge in [-0.05, 0) is 24.6 Å². The van der Waals surface area contributed by atoms with Crippen LogP contribution < -0.4 is 11.1 Å². The Hall–Kier alpha value is -2.34. The molecule has 0 fully saturated rings. The zero-order valence-corrected chi connectivity index (χ0v) is 11.8. The zero-order chi connectivity index (χ0) is 14.5. The van der Waals surface area contributed by atoms with E-state index in [-0.39, 0.29) is 11.6 Å². The van der Waals surface area contributed by atoms with E-state index in [9.17, 15) is 4.79 Å². The van der Waals surface area contributed by atoms with Crippen LogP contribution in [0.15, 0.2) is 36.7 Å². The molecule has 1 aromatic carbocycles. The number of rotatable bonds is 4. The molecule has 0 saturated carbocycles. The van der Waals surface area contributed by atoms with Gasteiger partial charge in [-0.1, -0.05) is 24.4 Å². The van der Waals surface area contributed by atoms with Crippen molar-refractivity contribution in [2.75, 3.05) is 5.32 Å². The molecule has 0 aliphatic heterocycles. The number of anilines is 1. The highest BCUT2D eigenvalue weighted by Gasteiger charge is 2.07. The summed E-state index contributed by atoms with van der Waals surface area (Å²) >= 11 is 4.85. The van der Waals surface area contributed by atoms with Gasteiger partial charge in [0.25, 0.3) is 5.91 Å². The van der Waals surface area contributed by atoms with E-state index >= 15 is 0 Å². The number of nitrogens with zero attached hydrogens (tertiary/aromatic N) is 2. The van der Waals surface area contributed by atoms with Crippen molar-refractivity contribution >= 4 is 28.8 Å². The Morgan fingerprint density at radius 1 is 1.25 bits per heavy atom. The molecular formula is C14H14N4OS. The third kappa shape index (κ3) is 3.83. The summed E-state index contributed by atoms with van der Waals surface area (Å²) in [5.41, 5.74) is 8.22. The fourth-order valence-electron chi connectivity index (χ4n) is 1.61.